The number of fused-ring (bicyclic) bond motifs is 2. The van der Waals surface area contributed by atoms with Crippen molar-refractivity contribution in [1.29, 1.82) is 5.26 Å². The molecule has 0 fully saturated rings. The number of nitrogens with one attached hydrogen (secondary N) is 1. The average Bonchev–Trinajstić information content (AvgIpc) is 3.51. The number of aromatic nitrogens is 1. The van der Waals surface area contributed by atoms with Gasteiger partial charge in [-0.2, -0.15) is 5.26 Å². The Morgan fingerprint density at radius 1 is 1.03 bits per heavy atom. The third kappa shape index (κ3) is 5.38. The molecule has 0 spiro atoms. The van der Waals surface area contributed by atoms with Gasteiger partial charge in [0.2, 0.25) is 0 Å². The van der Waals surface area contributed by atoms with Crippen molar-refractivity contribution in [3.63, 3.8) is 0 Å². The molecule has 0 amide bonds. The van der Waals surface area contributed by atoms with Gasteiger partial charge < -0.3 is 14.6 Å². The van der Waals surface area contributed by atoms with Crippen molar-refractivity contribution in [2.75, 3.05) is 20.1 Å². The first-order valence-electron chi connectivity index (χ1n) is 13.7. The Labute approximate surface area is 225 Å². The van der Waals surface area contributed by atoms with Gasteiger partial charge in [-0.1, -0.05) is 37.6 Å². The lowest BCUT2D eigenvalue weighted by Crippen LogP contribution is -2.28. The number of nitriles is 1. The molecule has 0 saturated heterocycles. The maximum absolute atomic E-state index is 13.7. The minimum Gasteiger partial charge on any atom is -0.361 e. The summed E-state index contributed by atoms with van der Waals surface area (Å²) in [5.74, 6) is -0.250. The van der Waals surface area contributed by atoms with Crippen LogP contribution in [0.5, 0.6) is 0 Å². The lowest BCUT2D eigenvalue weighted by atomic mass is 9.81. The number of unbranched alkanes of at least 4 members (excludes halogenated alkanes) is 1. The molecule has 1 N–H and O–H groups in total. The highest BCUT2D eigenvalue weighted by molar-refractivity contribution is 5.83. The van der Waals surface area contributed by atoms with E-state index in [4.69, 9.17) is 4.74 Å². The molecule has 2 heterocycles. The van der Waals surface area contributed by atoms with Gasteiger partial charge in [-0.3, -0.25) is 0 Å². The zero-order valence-corrected chi connectivity index (χ0v) is 22.4. The van der Waals surface area contributed by atoms with Crippen LogP contribution in [0.1, 0.15) is 66.0 Å². The second-order valence-corrected chi connectivity index (χ2v) is 10.6. The number of ether oxygens (including phenoxy) is 1. The number of hydrogen-bond acceptors (Lipinski definition) is 3. The topological polar surface area (TPSA) is 52.0 Å². The molecule has 3 aromatic carbocycles. The monoisotopic (exact) mass is 509 g/mol. The van der Waals surface area contributed by atoms with Gasteiger partial charge in [0, 0.05) is 23.6 Å². The van der Waals surface area contributed by atoms with Crippen LogP contribution in [-0.4, -0.2) is 30.0 Å². The van der Waals surface area contributed by atoms with Crippen LogP contribution in [0, 0.1) is 17.1 Å². The fourth-order valence-electron chi connectivity index (χ4n) is 5.82. The standard InChI is InChI=1S/C33H36FN3O/c1-3-6-24-8-14-32-30(20-24)26(22-36-32)15-18-37(2)17-5-4-16-33(28-9-11-29(34)12-10-28)31-13-7-25(21-35)19-27(31)23-38-33/h7-14,19-20,22,36H,3-6,15-18,23H2,1-2H3. The molecule has 5 heteroatoms. The molecule has 38 heavy (non-hydrogen) atoms. The highest BCUT2D eigenvalue weighted by Crippen LogP contribution is 2.45. The van der Waals surface area contributed by atoms with E-state index in [2.05, 4.69) is 54.3 Å². The molecule has 0 saturated carbocycles. The number of nitrogens with zero attached hydrogens (tertiary/aromatic N) is 2. The predicted molar refractivity (Wildman–Crippen MR) is 150 cm³/mol. The molecule has 4 nitrogen and oxygen atoms in total. The second-order valence-electron chi connectivity index (χ2n) is 10.6. The summed E-state index contributed by atoms with van der Waals surface area (Å²) in [6.45, 7) is 4.70. The maximum atomic E-state index is 13.7. The first-order chi connectivity index (χ1) is 18.5. The summed E-state index contributed by atoms with van der Waals surface area (Å²) in [7, 11) is 2.19. The van der Waals surface area contributed by atoms with Gasteiger partial charge in [0.1, 0.15) is 11.4 Å². The smallest absolute Gasteiger partial charge is 0.123 e. The van der Waals surface area contributed by atoms with Crippen LogP contribution in [0.2, 0.25) is 0 Å². The van der Waals surface area contributed by atoms with E-state index in [0.29, 0.717) is 12.2 Å². The zero-order chi connectivity index (χ0) is 26.5. The molecule has 1 unspecified atom stereocenters. The average molecular weight is 510 g/mol. The van der Waals surface area contributed by atoms with Crippen molar-refractivity contribution >= 4 is 10.9 Å². The molecule has 0 bridgehead atoms. The SMILES string of the molecule is CCCc1ccc2[nH]cc(CCN(C)CCCCC3(c4ccc(F)cc4)OCc4cc(C#N)ccc43)c2c1. The van der Waals surface area contributed by atoms with E-state index in [-0.39, 0.29) is 5.82 Å². The Balaban J connectivity index is 1.21. The number of halogens is 1. The number of hydrogen-bond donors (Lipinski definition) is 1. The molecule has 1 aromatic heterocycles. The Morgan fingerprint density at radius 2 is 1.87 bits per heavy atom. The number of H-pyrrole nitrogens is 1. The molecule has 1 aliphatic rings. The van der Waals surface area contributed by atoms with E-state index >= 15 is 0 Å². The first kappa shape index (κ1) is 26.2. The van der Waals surface area contributed by atoms with Gasteiger partial charge >= 0.3 is 0 Å². The molecule has 1 atom stereocenters. The summed E-state index contributed by atoms with van der Waals surface area (Å²) in [5.41, 5.74) is 7.15. The summed E-state index contributed by atoms with van der Waals surface area (Å²) < 4.78 is 20.2. The largest absolute Gasteiger partial charge is 0.361 e. The highest BCUT2D eigenvalue weighted by atomic mass is 19.1. The number of rotatable bonds is 11. The Bertz CT molecular complexity index is 1440. The van der Waals surface area contributed by atoms with Gasteiger partial charge in [-0.15, -0.1) is 0 Å². The van der Waals surface area contributed by atoms with Crippen molar-refractivity contribution in [2.24, 2.45) is 0 Å². The molecule has 0 aliphatic carbocycles. The highest BCUT2D eigenvalue weighted by Gasteiger charge is 2.41. The maximum Gasteiger partial charge on any atom is 0.123 e. The number of aromatic amines is 1. The van der Waals surface area contributed by atoms with Crippen LogP contribution >= 0.6 is 0 Å². The molecule has 1 aliphatic heterocycles. The van der Waals surface area contributed by atoms with Crippen LogP contribution in [0.3, 0.4) is 0 Å². The quantitative estimate of drug-likeness (QED) is 0.217. The lowest BCUT2D eigenvalue weighted by molar-refractivity contribution is -0.0136. The van der Waals surface area contributed by atoms with Crippen LogP contribution in [0.4, 0.5) is 4.39 Å². The third-order valence-electron chi connectivity index (χ3n) is 7.91. The van der Waals surface area contributed by atoms with Gasteiger partial charge in [-0.25, -0.2) is 4.39 Å². The predicted octanol–water partition coefficient (Wildman–Crippen LogP) is 7.25. The summed E-state index contributed by atoms with van der Waals surface area (Å²) in [4.78, 5) is 5.83. The van der Waals surface area contributed by atoms with Crippen LogP contribution < -0.4 is 0 Å². The van der Waals surface area contributed by atoms with Gasteiger partial charge in [0.25, 0.3) is 0 Å². The van der Waals surface area contributed by atoms with Crippen LogP contribution in [0.25, 0.3) is 10.9 Å². The molecular weight excluding hydrogens is 473 g/mol. The first-order valence-corrected chi connectivity index (χ1v) is 13.7. The molecule has 5 rings (SSSR count). The zero-order valence-electron chi connectivity index (χ0n) is 22.4. The van der Waals surface area contributed by atoms with Crippen molar-refractivity contribution in [2.45, 2.75) is 57.7 Å². The minimum absolute atomic E-state index is 0.250. The summed E-state index contributed by atoms with van der Waals surface area (Å²) in [6.07, 6.45) is 8.30. The fraction of sp³-hybridized carbons (Fsp3) is 0.364. The lowest BCUT2D eigenvalue weighted by Gasteiger charge is -2.31. The van der Waals surface area contributed by atoms with Crippen LogP contribution in [0.15, 0.2) is 66.9 Å². The van der Waals surface area contributed by atoms with Gasteiger partial charge in [0.05, 0.1) is 18.2 Å². The van der Waals surface area contributed by atoms with E-state index in [1.807, 2.05) is 30.3 Å². The summed E-state index contributed by atoms with van der Waals surface area (Å²) >= 11 is 0. The van der Waals surface area contributed by atoms with E-state index < -0.39 is 5.60 Å². The van der Waals surface area contributed by atoms with Crippen molar-refractivity contribution < 1.29 is 9.13 Å². The fourth-order valence-corrected chi connectivity index (χ4v) is 5.82. The second kappa shape index (κ2) is 11.5. The molecule has 4 aromatic rings. The molecule has 196 valence electrons. The molecular formula is C33H36FN3O. The molecule has 0 radical (unpaired) electrons. The number of aryl methyl sites for hydroxylation is 1. The summed E-state index contributed by atoms with van der Waals surface area (Å²) in [5, 5.41) is 10.7. The number of likely N-dealkylation sites (N-methyl/N-ethyl adjacent to an activating group) is 1. The van der Waals surface area contributed by atoms with Crippen molar-refractivity contribution in [3.8, 4) is 6.07 Å². The van der Waals surface area contributed by atoms with E-state index in [1.54, 1.807) is 0 Å². The van der Waals surface area contributed by atoms with Gasteiger partial charge in [0.15, 0.2) is 0 Å². The van der Waals surface area contributed by atoms with Crippen LogP contribution in [-0.2, 0) is 29.8 Å². The van der Waals surface area contributed by atoms with E-state index in [9.17, 15) is 9.65 Å². The normalized spacial score (nSPS) is 16.7. The Hall–Kier alpha value is -3.46. The minimum atomic E-state index is -0.601. The van der Waals surface area contributed by atoms with E-state index in [0.717, 1.165) is 68.3 Å². The Kier molecular flexibility index (Phi) is 7.93. The summed E-state index contributed by atoms with van der Waals surface area (Å²) in [6, 6.07) is 21.5. The third-order valence-corrected chi connectivity index (χ3v) is 7.91. The van der Waals surface area contributed by atoms with E-state index in [1.165, 1.54) is 34.2 Å². The van der Waals surface area contributed by atoms with Crippen molar-refractivity contribution in [3.05, 3.63) is 106 Å². The Morgan fingerprint density at radius 3 is 2.66 bits per heavy atom. The number of benzene rings is 3. The van der Waals surface area contributed by atoms with Crippen molar-refractivity contribution in [1.82, 2.24) is 9.88 Å². The van der Waals surface area contributed by atoms with Gasteiger partial charge in [-0.05, 0) is 110 Å².